The Kier molecular flexibility index (Phi) is 4.36. The van der Waals surface area contributed by atoms with E-state index < -0.39 is 11.7 Å². The summed E-state index contributed by atoms with van der Waals surface area (Å²) in [6.07, 6.45) is 1.85. The van der Waals surface area contributed by atoms with Gasteiger partial charge in [-0.2, -0.15) is 18.2 Å². The fourth-order valence-corrected chi connectivity index (χ4v) is 2.68. The largest absolute Gasteiger partial charge is 0.416 e. The van der Waals surface area contributed by atoms with Gasteiger partial charge in [0.15, 0.2) is 0 Å². The summed E-state index contributed by atoms with van der Waals surface area (Å²) in [6, 6.07) is 7.15. The van der Waals surface area contributed by atoms with Gasteiger partial charge in [-0.25, -0.2) is 4.98 Å². The number of rotatable bonds is 4. The molecular weight excluding hydrogens is 305 g/mol. The Bertz CT molecular complexity index is 666. The number of nitrogens with zero attached hydrogens (tertiary/aromatic N) is 2. The number of nitrogens with one attached hydrogen (secondary N) is 2. The molecule has 1 fully saturated rings. The molecule has 7 heteroatoms. The van der Waals surface area contributed by atoms with Gasteiger partial charge in [0.1, 0.15) is 5.82 Å². The van der Waals surface area contributed by atoms with Crippen LogP contribution in [0.3, 0.4) is 0 Å². The normalized spacial score (nSPS) is 15.6. The zero-order valence-corrected chi connectivity index (χ0v) is 12.4. The molecule has 0 spiro atoms. The summed E-state index contributed by atoms with van der Waals surface area (Å²) in [6.45, 7) is 0. The minimum atomic E-state index is -4.37. The van der Waals surface area contributed by atoms with Crippen LogP contribution in [0.15, 0.2) is 36.5 Å². The topological polar surface area (TPSA) is 49.8 Å². The van der Waals surface area contributed by atoms with Crippen molar-refractivity contribution in [3.05, 3.63) is 42.1 Å². The maximum atomic E-state index is 12.7. The van der Waals surface area contributed by atoms with Crippen molar-refractivity contribution in [1.29, 1.82) is 0 Å². The highest BCUT2D eigenvalue weighted by Gasteiger charge is 2.30. The predicted molar refractivity (Wildman–Crippen MR) is 82.6 cm³/mol. The molecule has 2 N–H and O–H groups in total. The zero-order chi connectivity index (χ0) is 16.3. The van der Waals surface area contributed by atoms with Crippen LogP contribution in [-0.2, 0) is 6.18 Å². The van der Waals surface area contributed by atoms with E-state index in [9.17, 15) is 13.2 Å². The highest BCUT2D eigenvalue weighted by Crippen LogP contribution is 2.31. The van der Waals surface area contributed by atoms with Crippen LogP contribution in [0.2, 0.25) is 0 Å². The summed E-state index contributed by atoms with van der Waals surface area (Å²) in [5, 5.41) is 6.15. The fourth-order valence-electron chi connectivity index (χ4n) is 2.68. The molecule has 0 saturated heterocycles. The van der Waals surface area contributed by atoms with Gasteiger partial charge in [-0.05, 0) is 37.1 Å². The molecule has 1 aliphatic rings. The minimum Gasteiger partial charge on any atom is -0.367 e. The standard InChI is InChI=1S/C16H17F3N4/c17-16(18,19)11-4-3-7-13(10-11)22-15-20-9-8-14(23-15)21-12-5-1-2-6-12/h3-4,7-10,12H,1-2,5-6H2,(H2,20,21,22,23). The molecule has 1 saturated carbocycles. The van der Waals surface area contributed by atoms with E-state index in [1.54, 1.807) is 18.3 Å². The van der Waals surface area contributed by atoms with Gasteiger partial charge < -0.3 is 10.6 Å². The second-order valence-electron chi connectivity index (χ2n) is 5.59. The van der Waals surface area contributed by atoms with E-state index >= 15 is 0 Å². The first-order chi connectivity index (χ1) is 11.0. The molecule has 0 aliphatic heterocycles. The third-order valence-electron chi connectivity index (χ3n) is 3.81. The number of alkyl halides is 3. The van der Waals surface area contributed by atoms with E-state index in [-0.39, 0.29) is 5.95 Å². The highest BCUT2D eigenvalue weighted by molar-refractivity contribution is 5.56. The molecule has 23 heavy (non-hydrogen) atoms. The van der Waals surface area contributed by atoms with Crippen molar-refractivity contribution >= 4 is 17.5 Å². The monoisotopic (exact) mass is 322 g/mol. The van der Waals surface area contributed by atoms with Gasteiger partial charge in [-0.1, -0.05) is 18.9 Å². The van der Waals surface area contributed by atoms with Crippen molar-refractivity contribution in [1.82, 2.24) is 9.97 Å². The van der Waals surface area contributed by atoms with Crippen LogP contribution >= 0.6 is 0 Å². The molecule has 0 radical (unpaired) electrons. The minimum absolute atomic E-state index is 0.271. The average molecular weight is 322 g/mol. The molecule has 122 valence electrons. The van der Waals surface area contributed by atoms with E-state index in [2.05, 4.69) is 20.6 Å². The van der Waals surface area contributed by atoms with Crippen molar-refractivity contribution in [3.63, 3.8) is 0 Å². The number of anilines is 3. The summed E-state index contributed by atoms with van der Waals surface area (Å²) >= 11 is 0. The second kappa shape index (κ2) is 6.44. The quantitative estimate of drug-likeness (QED) is 0.864. The molecule has 1 aromatic heterocycles. The van der Waals surface area contributed by atoms with Crippen LogP contribution in [0.1, 0.15) is 31.2 Å². The summed E-state index contributed by atoms with van der Waals surface area (Å²) in [5.74, 6) is 0.952. The van der Waals surface area contributed by atoms with Crippen LogP contribution in [0.25, 0.3) is 0 Å². The lowest BCUT2D eigenvalue weighted by atomic mass is 10.2. The summed E-state index contributed by atoms with van der Waals surface area (Å²) in [4.78, 5) is 8.37. The van der Waals surface area contributed by atoms with E-state index in [1.165, 1.54) is 18.9 Å². The lowest BCUT2D eigenvalue weighted by molar-refractivity contribution is -0.137. The SMILES string of the molecule is FC(F)(F)c1cccc(Nc2nccc(NC3CCCC3)n2)c1. The summed E-state index contributed by atoms with van der Waals surface area (Å²) < 4.78 is 38.2. The number of aromatic nitrogens is 2. The molecule has 1 heterocycles. The number of hydrogen-bond acceptors (Lipinski definition) is 4. The van der Waals surface area contributed by atoms with Crippen molar-refractivity contribution in [2.75, 3.05) is 10.6 Å². The zero-order valence-electron chi connectivity index (χ0n) is 12.4. The third-order valence-corrected chi connectivity index (χ3v) is 3.81. The molecule has 0 amide bonds. The smallest absolute Gasteiger partial charge is 0.367 e. The Labute approximate surface area is 132 Å². The van der Waals surface area contributed by atoms with Crippen LogP contribution in [0, 0.1) is 0 Å². The average Bonchev–Trinajstić information content (AvgIpc) is 3.00. The molecule has 0 atom stereocenters. The first-order valence-electron chi connectivity index (χ1n) is 7.54. The molecule has 0 bridgehead atoms. The maximum Gasteiger partial charge on any atom is 0.416 e. The molecule has 3 rings (SSSR count). The first kappa shape index (κ1) is 15.6. The molecule has 1 aromatic carbocycles. The second-order valence-corrected chi connectivity index (χ2v) is 5.59. The molecule has 1 aliphatic carbocycles. The van der Waals surface area contributed by atoms with Gasteiger partial charge in [-0.3, -0.25) is 0 Å². The Balaban J connectivity index is 1.72. The van der Waals surface area contributed by atoms with Gasteiger partial charge in [0, 0.05) is 17.9 Å². The van der Waals surface area contributed by atoms with Crippen LogP contribution in [0.5, 0.6) is 0 Å². The summed E-state index contributed by atoms with van der Waals surface area (Å²) in [7, 11) is 0. The van der Waals surface area contributed by atoms with Crippen molar-refractivity contribution < 1.29 is 13.2 Å². The lowest BCUT2D eigenvalue weighted by Crippen LogP contribution is -2.16. The van der Waals surface area contributed by atoms with Gasteiger partial charge in [0.2, 0.25) is 5.95 Å². The molecular formula is C16H17F3N4. The first-order valence-corrected chi connectivity index (χ1v) is 7.54. The Morgan fingerprint density at radius 2 is 1.87 bits per heavy atom. The summed E-state index contributed by atoms with van der Waals surface area (Å²) in [5.41, 5.74) is -0.402. The van der Waals surface area contributed by atoms with Crippen LogP contribution in [-0.4, -0.2) is 16.0 Å². The Morgan fingerprint density at radius 3 is 2.61 bits per heavy atom. The number of benzene rings is 1. The molecule has 0 unspecified atom stereocenters. The number of hydrogen-bond donors (Lipinski definition) is 2. The van der Waals surface area contributed by atoms with Crippen molar-refractivity contribution in [2.24, 2.45) is 0 Å². The van der Waals surface area contributed by atoms with E-state index in [0.29, 0.717) is 17.5 Å². The van der Waals surface area contributed by atoms with Gasteiger partial charge in [-0.15, -0.1) is 0 Å². The molecule has 4 nitrogen and oxygen atoms in total. The van der Waals surface area contributed by atoms with E-state index in [1.807, 2.05) is 0 Å². The predicted octanol–water partition coefficient (Wildman–Crippen LogP) is 4.59. The van der Waals surface area contributed by atoms with Crippen molar-refractivity contribution in [2.45, 2.75) is 37.9 Å². The Hall–Kier alpha value is -2.31. The van der Waals surface area contributed by atoms with E-state index in [4.69, 9.17) is 0 Å². The van der Waals surface area contributed by atoms with Gasteiger partial charge in [0.25, 0.3) is 0 Å². The number of halogens is 3. The Morgan fingerprint density at radius 1 is 1.09 bits per heavy atom. The molecule has 2 aromatic rings. The highest BCUT2D eigenvalue weighted by atomic mass is 19.4. The van der Waals surface area contributed by atoms with Crippen molar-refractivity contribution in [3.8, 4) is 0 Å². The third kappa shape index (κ3) is 4.12. The van der Waals surface area contributed by atoms with E-state index in [0.717, 1.165) is 25.0 Å². The van der Waals surface area contributed by atoms with Gasteiger partial charge in [0.05, 0.1) is 5.56 Å². The lowest BCUT2D eigenvalue weighted by Gasteiger charge is -2.13. The van der Waals surface area contributed by atoms with Crippen LogP contribution in [0.4, 0.5) is 30.6 Å². The fraction of sp³-hybridized carbons (Fsp3) is 0.375. The maximum absolute atomic E-state index is 12.7. The van der Waals surface area contributed by atoms with Gasteiger partial charge >= 0.3 is 6.18 Å². The van der Waals surface area contributed by atoms with Crippen LogP contribution < -0.4 is 10.6 Å².